The Bertz CT molecular complexity index is 428. The van der Waals surface area contributed by atoms with Gasteiger partial charge in [0.15, 0.2) is 11.8 Å². The van der Waals surface area contributed by atoms with Crippen LogP contribution >= 0.6 is 24.0 Å². The molecule has 0 aliphatic rings. The van der Waals surface area contributed by atoms with Gasteiger partial charge in [-0.05, 0) is 6.92 Å². The third-order valence-electron chi connectivity index (χ3n) is 2.16. The van der Waals surface area contributed by atoms with Gasteiger partial charge in [-0.3, -0.25) is 0 Å². The van der Waals surface area contributed by atoms with Crippen LogP contribution in [-0.4, -0.2) is 29.2 Å². The molecule has 0 fully saturated rings. The maximum atomic E-state index is 5.67. The summed E-state index contributed by atoms with van der Waals surface area (Å²) in [5, 5.41) is 6.87. The van der Waals surface area contributed by atoms with Gasteiger partial charge in [-0.25, -0.2) is 4.99 Å². The molecule has 0 unspecified atom stereocenters. The highest BCUT2D eigenvalue weighted by Gasteiger charge is 2.08. The smallest absolute Gasteiger partial charge is 0.228 e. The van der Waals surface area contributed by atoms with Crippen LogP contribution in [0.25, 0.3) is 0 Å². The van der Waals surface area contributed by atoms with E-state index in [9.17, 15) is 0 Å². The molecule has 0 saturated heterocycles. The SMILES string of the molecule is C=C(C)CN=C(N)NCCc1nc(C(C)C)no1.I. The van der Waals surface area contributed by atoms with E-state index in [1.54, 1.807) is 0 Å². The Morgan fingerprint density at radius 2 is 2.21 bits per heavy atom. The molecule has 19 heavy (non-hydrogen) atoms. The number of nitrogens with two attached hydrogens (primary N) is 1. The number of halogens is 1. The summed E-state index contributed by atoms with van der Waals surface area (Å²) in [5.74, 6) is 2.02. The molecule has 6 nitrogen and oxygen atoms in total. The molecule has 1 aromatic heterocycles. The van der Waals surface area contributed by atoms with Crippen molar-refractivity contribution in [1.29, 1.82) is 0 Å². The molecule has 0 aliphatic heterocycles. The first-order valence-corrected chi connectivity index (χ1v) is 5.99. The maximum absolute atomic E-state index is 5.67. The lowest BCUT2D eigenvalue weighted by molar-refractivity contribution is 0.371. The van der Waals surface area contributed by atoms with E-state index in [2.05, 4.69) is 27.0 Å². The van der Waals surface area contributed by atoms with E-state index in [1.807, 2.05) is 20.8 Å². The fraction of sp³-hybridized carbons (Fsp3) is 0.583. The van der Waals surface area contributed by atoms with Gasteiger partial charge in [-0.2, -0.15) is 4.98 Å². The van der Waals surface area contributed by atoms with Crippen LogP contribution in [0.4, 0.5) is 0 Å². The van der Waals surface area contributed by atoms with Crippen LogP contribution in [0.5, 0.6) is 0 Å². The second-order valence-corrected chi connectivity index (χ2v) is 4.54. The van der Waals surface area contributed by atoms with Crippen LogP contribution < -0.4 is 11.1 Å². The Balaban J connectivity index is 0.00000324. The quantitative estimate of drug-likeness (QED) is 0.341. The van der Waals surface area contributed by atoms with Gasteiger partial charge in [0.25, 0.3) is 0 Å². The Morgan fingerprint density at radius 3 is 2.74 bits per heavy atom. The largest absolute Gasteiger partial charge is 0.370 e. The Labute approximate surface area is 131 Å². The van der Waals surface area contributed by atoms with Gasteiger partial charge in [0.2, 0.25) is 5.89 Å². The third kappa shape index (κ3) is 7.14. The molecule has 1 heterocycles. The first-order chi connectivity index (χ1) is 8.49. The summed E-state index contributed by atoms with van der Waals surface area (Å²) in [6, 6.07) is 0. The van der Waals surface area contributed by atoms with E-state index < -0.39 is 0 Å². The molecule has 0 aromatic carbocycles. The number of nitrogens with zero attached hydrogens (tertiary/aromatic N) is 3. The number of aromatic nitrogens is 2. The van der Waals surface area contributed by atoms with E-state index in [1.165, 1.54) is 0 Å². The van der Waals surface area contributed by atoms with E-state index in [-0.39, 0.29) is 29.9 Å². The summed E-state index contributed by atoms with van der Waals surface area (Å²) in [6.07, 6.45) is 0.628. The summed E-state index contributed by atoms with van der Waals surface area (Å²) < 4.78 is 5.11. The van der Waals surface area contributed by atoms with Crippen molar-refractivity contribution in [3.63, 3.8) is 0 Å². The molecule has 1 aromatic rings. The van der Waals surface area contributed by atoms with Crippen molar-refractivity contribution >= 4 is 29.9 Å². The predicted octanol–water partition coefficient (Wildman–Crippen LogP) is 1.83. The van der Waals surface area contributed by atoms with Crippen LogP contribution in [-0.2, 0) is 6.42 Å². The topological polar surface area (TPSA) is 89.3 Å². The standard InChI is InChI=1S/C12H21N5O.HI/c1-8(2)7-15-12(13)14-6-5-10-16-11(9(3)4)17-18-10;/h9H,1,5-7H2,2-4H3,(H3,13,14,15);1H. The fourth-order valence-electron chi connectivity index (χ4n) is 1.18. The van der Waals surface area contributed by atoms with Crippen molar-refractivity contribution in [2.75, 3.05) is 13.1 Å². The van der Waals surface area contributed by atoms with Crippen molar-refractivity contribution in [3.8, 4) is 0 Å². The molecule has 0 saturated carbocycles. The Morgan fingerprint density at radius 1 is 1.53 bits per heavy atom. The van der Waals surface area contributed by atoms with Gasteiger partial charge in [0, 0.05) is 18.9 Å². The molecule has 0 aliphatic carbocycles. The lowest BCUT2D eigenvalue weighted by Crippen LogP contribution is -2.33. The lowest BCUT2D eigenvalue weighted by Gasteiger charge is -2.03. The number of hydrogen-bond acceptors (Lipinski definition) is 4. The van der Waals surface area contributed by atoms with Gasteiger partial charge in [0.1, 0.15) is 0 Å². The van der Waals surface area contributed by atoms with Crippen LogP contribution in [0.1, 0.15) is 38.4 Å². The zero-order chi connectivity index (χ0) is 13.5. The molecule has 0 radical (unpaired) electrons. The summed E-state index contributed by atoms with van der Waals surface area (Å²) in [7, 11) is 0. The van der Waals surface area contributed by atoms with E-state index in [4.69, 9.17) is 10.3 Å². The number of guanidine groups is 1. The van der Waals surface area contributed by atoms with Gasteiger partial charge in [-0.1, -0.05) is 31.2 Å². The fourth-order valence-corrected chi connectivity index (χ4v) is 1.18. The molecular weight excluding hydrogens is 357 g/mol. The summed E-state index contributed by atoms with van der Waals surface area (Å²) in [4.78, 5) is 8.37. The van der Waals surface area contributed by atoms with Crippen molar-refractivity contribution in [2.24, 2.45) is 10.7 Å². The summed E-state index contributed by atoms with van der Waals surface area (Å²) in [5.41, 5.74) is 6.64. The van der Waals surface area contributed by atoms with Crippen molar-refractivity contribution in [2.45, 2.75) is 33.1 Å². The maximum Gasteiger partial charge on any atom is 0.228 e. The third-order valence-corrected chi connectivity index (χ3v) is 2.16. The van der Waals surface area contributed by atoms with Gasteiger partial charge >= 0.3 is 0 Å². The van der Waals surface area contributed by atoms with Crippen molar-refractivity contribution in [1.82, 2.24) is 15.5 Å². The predicted molar refractivity (Wildman–Crippen MR) is 86.8 cm³/mol. The summed E-state index contributed by atoms with van der Waals surface area (Å²) >= 11 is 0. The molecule has 0 amide bonds. The molecule has 0 spiro atoms. The molecule has 1 rings (SSSR count). The van der Waals surface area contributed by atoms with Crippen molar-refractivity contribution in [3.05, 3.63) is 23.9 Å². The molecule has 0 bridgehead atoms. The Kier molecular flexibility index (Phi) is 8.37. The first kappa shape index (κ1) is 17.9. The van der Waals surface area contributed by atoms with Crippen LogP contribution in [0.3, 0.4) is 0 Å². The molecule has 108 valence electrons. The highest BCUT2D eigenvalue weighted by Crippen LogP contribution is 2.09. The minimum Gasteiger partial charge on any atom is -0.370 e. The van der Waals surface area contributed by atoms with Gasteiger partial charge in [0.05, 0.1) is 6.54 Å². The minimum atomic E-state index is 0. The second kappa shape index (κ2) is 8.89. The zero-order valence-electron chi connectivity index (χ0n) is 11.6. The van der Waals surface area contributed by atoms with Crippen molar-refractivity contribution < 1.29 is 4.52 Å². The molecular formula is C12H22IN5O. The van der Waals surface area contributed by atoms with Crippen LogP contribution in [0.2, 0.25) is 0 Å². The normalized spacial score (nSPS) is 11.3. The number of nitrogens with one attached hydrogen (secondary N) is 1. The molecule has 3 N–H and O–H groups in total. The highest BCUT2D eigenvalue weighted by molar-refractivity contribution is 14.0. The molecule has 0 atom stereocenters. The van der Waals surface area contributed by atoms with E-state index in [0.717, 1.165) is 11.4 Å². The van der Waals surface area contributed by atoms with E-state index in [0.29, 0.717) is 31.4 Å². The van der Waals surface area contributed by atoms with Gasteiger partial charge < -0.3 is 15.6 Å². The first-order valence-electron chi connectivity index (χ1n) is 5.99. The van der Waals surface area contributed by atoms with Crippen LogP contribution in [0, 0.1) is 0 Å². The average molecular weight is 379 g/mol. The monoisotopic (exact) mass is 379 g/mol. The number of rotatable bonds is 6. The number of aliphatic imine (C=N–C) groups is 1. The Hall–Kier alpha value is -1.12. The average Bonchev–Trinajstić information content (AvgIpc) is 2.75. The second-order valence-electron chi connectivity index (χ2n) is 4.54. The van der Waals surface area contributed by atoms with Crippen LogP contribution in [0.15, 0.2) is 21.7 Å². The zero-order valence-corrected chi connectivity index (χ0v) is 14.0. The summed E-state index contributed by atoms with van der Waals surface area (Å²) in [6.45, 7) is 10.9. The molecule has 7 heteroatoms. The highest BCUT2D eigenvalue weighted by atomic mass is 127. The van der Waals surface area contributed by atoms with E-state index >= 15 is 0 Å². The number of hydrogen-bond donors (Lipinski definition) is 2. The van der Waals surface area contributed by atoms with Gasteiger partial charge in [-0.15, -0.1) is 24.0 Å². The lowest BCUT2D eigenvalue weighted by atomic mass is 10.2. The minimum absolute atomic E-state index is 0.